The summed E-state index contributed by atoms with van der Waals surface area (Å²) in [6.45, 7) is 1.20. The molecule has 5 nitrogen and oxygen atoms in total. The lowest BCUT2D eigenvalue weighted by Gasteiger charge is -2.37. The predicted octanol–water partition coefficient (Wildman–Crippen LogP) is -0.386. The van der Waals surface area contributed by atoms with Crippen molar-refractivity contribution in [1.82, 2.24) is 5.32 Å². The molecule has 78 valence electrons. The molecule has 2 rings (SSSR count). The summed E-state index contributed by atoms with van der Waals surface area (Å²) in [6.07, 6.45) is 0.960. The average Bonchev–Trinajstić information content (AvgIpc) is 2.52. The van der Waals surface area contributed by atoms with Gasteiger partial charge in [-0.25, -0.2) is 0 Å². The van der Waals surface area contributed by atoms with Crippen molar-refractivity contribution >= 4 is 11.9 Å². The van der Waals surface area contributed by atoms with E-state index in [4.69, 9.17) is 9.84 Å². The van der Waals surface area contributed by atoms with Crippen LogP contribution in [0.3, 0.4) is 0 Å². The molecule has 0 aromatic rings. The first kappa shape index (κ1) is 9.45. The number of piperidine rings is 1. The van der Waals surface area contributed by atoms with Crippen LogP contribution in [0, 0.1) is 11.3 Å². The van der Waals surface area contributed by atoms with Crippen molar-refractivity contribution in [2.45, 2.75) is 12.8 Å². The monoisotopic (exact) mass is 199 g/mol. The molecule has 0 aliphatic carbocycles. The van der Waals surface area contributed by atoms with E-state index >= 15 is 0 Å². The van der Waals surface area contributed by atoms with Gasteiger partial charge in [-0.2, -0.15) is 0 Å². The van der Waals surface area contributed by atoms with E-state index in [1.807, 2.05) is 0 Å². The van der Waals surface area contributed by atoms with E-state index in [1.54, 1.807) is 0 Å². The molecular weight excluding hydrogens is 186 g/mol. The lowest BCUT2D eigenvalue weighted by molar-refractivity contribution is -0.150. The minimum Gasteiger partial charge on any atom is -0.481 e. The van der Waals surface area contributed by atoms with Gasteiger partial charge in [-0.15, -0.1) is 0 Å². The van der Waals surface area contributed by atoms with Crippen LogP contribution in [0.25, 0.3) is 0 Å². The van der Waals surface area contributed by atoms with Crippen molar-refractivity contribution < 1.29 is 19.4 Å². The second kappa shape index (κ2) is 3.24. The zero-order chi connectivity index (χ0) is 10.2. The molecule has 5 heteroatoms. The summed E-state index contributed by atoms with van der Waals surface area (Å²) in [7, 11) is 0. The number of carbonyl (C=O) groups excluding carboxylic acids is 1. The van der Waals surface area contributed by atoms with Crippen LogP contribution in [0.2, 0.25) is 0 Å². The highest BCUT2D eigenvalue weighted by Crippen LogP contribution is 2.41. The Morgan fingerprint density at radius 2 is 2.43 bits per heavy atom. The molecule has 2 saturated heterocycles. The van der Waals surface area contributed by atoms with Crippen molar-refractivity contribution in [1.29, 1.82) is 0 Å². The number of amides is 1. The summed E-state index contributed by atoms with van der Waals surface area (Å²) < 4.78 is 5.22. The minimum absolute atomic E-state index is 0.0620. The van der Waals surface area contributed by atoms with Crippen LogP contribution in [0.4, 0.5) is 0 Å². The standard InChI is InChI=1S/C9H13NO4/c11-7-3-9(1-2-14-5-9)6(4-10-7)8(12)13/h6H,1-5H2,(H,10,11)(H,12,13). The van der Waals surface area contributed by atoms with Crippen LogP contribution in [-0.4, -0.2) is 36.7 Å². The maximum Gasteiger partial charge on any atom is 0.308 e. The number of rotatable bonds is 1. The third kappa shape index (κ3) is 1.37. The number of hydrogen-bond acceptors (Lipinski definition) is 3. The summed E-state index contributed by atoms with van der Waals surface area (Å²) in [5.74, 6) is -1.40. The Balaban J connectivity index is 2.22. The predicted molar refractivity (Wildman–Crippen MR) is 46.6 cm³/mol. The summed E-state index contributed by atoms with van der Waals surface area (Å²) in [5, 5.41) is 11.6. The van der Waals surface area contributed by atoms with Crippen LogP contribution >= 0.6 is 0 Å². The number of hydrogen-bond donors (Lipinski definition) is 2. The quantitative estimate of drug-likeness (QED) is 0.603. The molecule has 1 amide bonds. The summed E-state index contributed by atoms with van der Waals surface area (Å²) in [5.41, 5.74) is -0.450. The van der Waals surface area contributed by atoms with E-state index in [0.29, 0.717) is 19.6 Å². The van der Waals surface area contributed by atoms with Crippen LogP contribution in [-0.2, 0) is 14.3 Å². The highest BCUT2D eigenvalue weighted by atomic mass is 16.5. The second-order valence-corrected chi connectivity index (χ2v) is 4.04. The molecular formula is C9H13NO4. The Morgan fingerprint density at radius 1 is 1.64 bits per heavy atom. The van der Waals surface area contributed by atoms with Gasteiger partial charge < -0.3 is 15.2 Å². The van der Waals surface area contributed by atoms with Gasteiger partial charge in [0.15, 0.2) is 0 Å². The summed E-state index contributed by atoms with van der Waals surface area (Å²) in [4.78, 5) is 22.2. The number of ether oxygens (including phenoxy) is 1. The van der Waals surface area contributed by atoms with Crippen molar-refractivity contribution in [3.63, 3.8) is 0 Å². The Kier molecular flexibility index (Phi) is 2.19. The van der Waals surface area contributed by atoms with Crippen LogP contribution < -0.4 is 5.32 Å². The molecule has 2 aliphatic rings. The third-order valence-electron chi connectivity index (χ3n) is 3.19. The van der Waals surface area contributed by atoms with Gasteiger partial charge in [0.1, 0.15) is 0 Å². The van der Waals surface area contributed by atoms with Crippen molar-refractivity contribution in [2.24, 2.45) is 11.3 Å². The number of carboxylic acid groups (broad SMARTS) is 1. The van der Waals surface area contributed by atoms with Crippen LogP contribution in [0.1, 0.15) is 12.8 Å². The number of aliphatic carboxylic acids is 1. The van der Waals surface area contributed by atoms with E-state index < -0.39 is 17.3 Å². The minimum atomic E-state index is -0.837. The zero-order valence-electron chi connectivity index (χ0n) is 7.78. The fourth-order valence-electron chi connectivity index (χ4n) is 2.32. The van der Waals surface area contributed by atoms with Gasteiger partial charge >= 0.3 is 5.97 Å². The number of nitrogens with one attached hydrogen (secondary N) is 1. The van der Waals surface area contributed by atoms with Crippen molar-refractivity contribution in [3.05, 3.63) is 0 Å². The van der Waals surface area contributed by atoms with Crippen LogP contribution in [0.5, 0.6) is 0 Å². The molecule has 0 bridgehead atoms. The smallest absolute Gasteiger partial charge is 0.308 e. The van der Waals surface area contributed by atoms with Gasteiger partial charge in [-0.1, -0.05) is 0 Å². The molecule has 0 saturated carbocycles. The molecule has 0 aromatic heterocycles. The van der Waals surface area contributed by atoms with Crippen molar-refractivity contribution in [3.8, 4) is 0 Å². The molecule has 2 fully saturated rings. The topological polar surface area (TPSA) is 75.6 Å². The normalized spacial score (nSPS) is 37.1. The van der Waals surface area contributed by atoms with E-state index in [1.165, 1.54) is 0 Å². The molecule has 1 spiro atoms. The first-order valence-electron chi connectivity index (χ1n) is 4.71. The van der Waals surface area contributed by atoms with Gasteiger partial charge in [-0.05, 0) is 6.42 Å². The summed E-state index contributed by atoms with van der Waals surface area (Å²) in [6, 6.07) is 0. The van der Waals surface area contributed by atoms with Gasteiger partial charge in [0.25, 0.3) is 0 Å². The molecule has 0 aromatic carbocycles. The fourth-order valence-corrected chi connectivity index (χ4v) is 2.32. The van der Waals surface area contributed by atoms with Crippen LogP contribution in [0.15, 0.2) is 0 Å². The maximum absolute atomic E-state index is 11.2. The first-order chi connectivity index (χ1) is 6.64. The molecule has 2 heterocycles. The molecule has 0 radical (unpaired) electrons. The summed E-state index contributed by atoms with van der Waals surface area (Å²) >= 11 is 0. The maximum atomic E-state index is 11.2. The number of carbonyl (C=O) groups is 2. The Morgan fingerprint density at radius 3 is 3.00 bits per heavy atom. The zero-order valence-corrected chi connectivity index (χ0v) is 7.78. The molecule has 2 unspecified atom stereocenters. The highest BCUT2D eigenvalue weighted by Gasteiger charge is 2.49. The first-order valence-corrected chi connectivity index (χ1v) is 4.71. The molecule has 14 heavy (non-hydrogen) atoms. The molecule has 2 aliphatic heterocycles. The average molecular weight is 199 g/mol. The number of carboxylic acids is 1. The fraction of sp³-hybridized carbons (Fsp3) is 0.778. The molecule has 2 N–H and O–H groups in total. The van der Waals surface area contributed by atoms with E-state index in [0.717, 1.165) is 0 Å². The second-order valence-electron chi connectivity index (χ2n) is 4.04. The van der Waals surface area contributed by atoms with Gasteiger partial charge in [-0.3, -0.25) is 9.59 Å². The van der Waals surface area contributed by atoms with E-state index in [2.05, 4.69) is 5.32 Å². The highest BCUT2D eigenvalue weighted by molar-refractivity contribution is 5.82. The van der Waals surface area contributed by atoms with Gasteiger partial charge in [0.05, 0.1) is 12.5 Å². The Hall–Kier alpha value is -1.10. The van der Waals surface area contributed by atoms with Gasteiger partial charge in [0, 0.05) is 25.0 Å². The van der Waals surface area contributed by atoms with Crippen molar-refractivity contribution in [2.75, 3.05) is 19.8 Å². The Bertz CT molecular complexity index is 270. The lowest BCUT2D eigenvalue weighted by atomic mass is 9.70. The van der Waals surface area contributed by atoms with E-state index in [9.17, 15) is 9.59 Å². The SMILES string of the molecule is O=C1CC2(CCOC2)C(C(=O)O)CN1. The van der Waals surface area contributed by atoms with Gasteiger partial charge in [0.2, 0.25) is 5.91 Å². The third-order valence-corrected chi connectivity index (χ3v) is 3.19. The Labute approximate surface area is 81.4 Å². The van der Waals surface area contributed by atoms with E-state index in [-0.39, 0.29) is 18.9 Å². The molecule has 2 atom stereocenters. The lowest BCUT2D eigenvalue weighted by Crippen LogP contribution is -2.51. The largest absolute Gasteiger partial charge is 0.481 e.